The Balaban J connectivity index is 1.84. The van der Waals surface area contributed by atoms with E-state index in [1.807, 2.05) is 0 Å². The molecule has 1 aliphatic rings. The third-order valence-corrected chi connectivity index (χ3v) is 5.33. The Kier molecular flexibility index (Phi) is 6.01. The third kappa shape index (κ3) is 5.21. The number of nitrogens with one attached hydrogen (secondary N) is 1. The summed E-state index contributed by atoms with van der Waals surface area (Å²) in [6.07, 6.45) is 0.951. The number of anilines is 2. The SMILES string of the molecule is CC(C)COCCC(=O)Nc1ccc(N2CCCS2(=O)=O)cc1. The molecule has 1 N–H and O–H groups in total. The van der Waals surface area contributed by atoms with Crippen molar-refractivity contribution in [3.05, 3.63) is 24.3 Å². The summed E-state index contributed by atoms with van der Waals surface area (Å²) < 4.78 is 30.5. The summed E-state index contributed by atoms with van der Waals surface area (Å²) in [7, 11) is -3.17. The molecule has 0 bridgehead atoms. The number of carbonyl (C=O) groups excluding carboxylic acids is 1. The van der Waals surface area contributed by atoms with Crippen molar-refractivity contribution in [2.24, 2.45) is 5.92 Å². The molecule has 1 aromatic carbocycles. The Labute approximate surface area is 137 Å². The van der Waals surface area contributed by atoms with E-state index in [0.717, 1.165) is 0 Å². The van der Waals surface area contributed by atoms with Gasteiger partial charge in [0.2, 0.25) is 15.9 Å². The van der Waals surface area contributed by atoms with Crippen LogP contribution in [0.1, 0.15) is 26.7 Å². The Morgan fingerprint density at radius 1 is 1.30 bits per heavy atom. The average Bonchev–Trinajstić information content (AvgIpc) is 2.84. The molecule has 1 heterocycles. The molecule has 0 aromatic heterocycles. The van der Waals surface area contributed by atoms with Crippen LogP contribution in [-0.2, 0) is 19.6 Å². The van der Waals surface area contributed by atoms with Gasteiger partial charge in [0.05, 0.1) is 24.5 Å². The molecule has 0 radical (unpaired) electrons. The largest absolute Gasteiger partial charge is 0.381 e. The molecule has 1 aromatic rings. The highest BCUT2D eigenvalue weighted by Crippen LogP contribution is 2.25. The lowest BCUT2D eigenvalue weighted by molar-refractivity contribution is -0.117. The molecular formula is C16H24N2O4S. The minimum absolute atomic E-state index is 0.115. The Morgan fingerprint density at radius 3 is 2.57 bits per heavy atom. The molecule has 7 heteroatoms. The second-order valence-corrected chi connectivity index (χ2v) is 8.07. The summed E-state index contributed by atoms with van der Waals surface area (Å²) in [5, 5.41) is 2.78. The number of ether oxygens (including phenoxy) is 1. The fraction of sp³-hybridized carbons (Fsp3) is 0.562. The Bertz CT molecular complexity index is 626. The van der Waals surface area contributed by atoms with Gasteiger partial charge in [-0.05, 0) is 36.6 Å². The van der Waals surface area contributed by atoms with Gasteiger partial charge in [0.25, 0.3) is 0 Å². The van der Waals surface area contributed by atoms with Crippen LogP contribution in [0.15, 0.2) is 24.3 Å². The molecule has 0 aliphatic carbocycles. The molecule has 0 spiro atoms. The van der Waals surface area contributed by atoms with E-state index < -0.39 is 10.0 Å². The lowest BCUT2D eigenvalue weighted by Crippen LogP contribution is -2.25. The van der Waals surface area contributed by atoms with E-state index in [0.29, 0.717) is 49.9 Å². The van der Waals surface area contributed by atoms with Crippen molar-refractivity contribution in [3.8, 4) is 0 Å². The van der Waals surface area contributed by atoms with Gasteiger partial charge >= 0.3 is 0 Å². The molecular weight excluding hydrogens is 316 g/mol. The first kappa shape index (κ1) is 17.7. The van der Waals surface area contributed by atoms with Gasteiger partial charge in [-0.1, -0.05) is 13.8 Å². The summed E-state index contributed by atoms with van der Waals surface area (Å²) in [4.78, 5) is 11.8. The molecule has 0 unspecified atom stereocenters. The van der Waals surface area contributed by atoms with Gasteiger partial charge in [-0.15, -0.1) is 0 Å². The molecule has 0 saturated carbocycles. The van der Waals surface area contributed by atoms with Gasteiger partial charge in [-0.2, -0.15) is 0 Å². The first-order valence-corrected chi connectivity index (χ1v) is 9.47. The number of benzene rings is 1. The van der Waals surface area contributed by atoms with Gasteiger partial charge in [-0.3, -0.25) is 9.10 Å². The van der Waals surface area contributed by atoms with Gasteiger partial charge in [0.15, 0.2) is 0 Å². The van der Waals surface area contributed by atoms with Crippen molar-refractivity contribution in [2.75, 3.05) is 35.1 Å². The highest BCUT2D eigenvalue weighted by molar-refractivity contribution is 7.93. The van der Waals surface area contributed by atoms with Crippen molar-refractivity contribution in [1.29, 1.82) is 0 Å². The molecule has 2 rings (SSSR count). The van der Waals surface area contributed by atoms with E-state index in [2.05, 4.69) is 19.2 Å². The molecule has 128 valence electrons. The van der Waals surface area contributed by atoms with Crippen LogP contribution < -0.4 is 9.62 Å². The maximum Gasteiger partial charge on any atom is 0.235 e. The van der Waals surface area contributed by atoms with E-state index in [4.69, 9.17) is 4.74 Å². The second-order valence-electron chi connectivity index (χ2n) is 6.06. The Morgan fingerprint density at radius 2 is 2.00 bits per heavy atom. The second kappa shape index (κ2) is 7.79. The Hall–Kier alpha value is -1.60. The number of carbonyl (C=O) groups is 1. The van der Waals surface area contributed by atoms with E-state index in [1.54, 1.807) is 24.3 Å². The number of hydrogen-bond acceptors (Lipinski definition) is 4. The zero-order valence-corrected chi connectivity index (χ0v) is 14.4. The van der Waals surface area contributed by atoms with Crippen LogP contribution in [0.5, 0.6) is 0 Å². The van der Waals surface area contributed by atoms with Crippen molar-refractivity contribution >= 4 is 27.3 Å². The molecule has 6 nitrogen and oxygen atoms in total. The zero-order valence-electron chi connectivity index (χ0n) is 13.6. The molecule has 1 fully saturated rings. The molecule has 23 heavy (non-hydrogen) atoms. The predicted octanol–water partition coefficient (Wildman–Crippen LogP) is 2.23. The summed E-state index contributed by atoms with van der Waals surface area (Å²) in [5.74, 6) is 0.532. The van der Waals surface area contributed by atoms with Crippen LogP contribution in [0.25, 0.3) is 0 Å². The lowest BCUT2D eigenvalue weighted by Gasteiger charge is -2.17. The predicted molar refractivity (Wildman–Crippen MR) is 91.1 cm³/mol. The fourth-order valence-corrected chi connectivity index (χ4v) is 3.91. The summed E-state index contributed by atoms with van der Waals surface area (Å²) in [6.45, 7) is 5.67. The van der Waals surface area contributed by atoms with E-state index in [-0.39, 0.29) is 11.7 Å². The maximum atomic E-state index is 11.9. The average molecular weight is 340 g/mol. The van der Waals surface area contributed by atoms with Crippen LogP contribution in [0, 0.1) is 5.92 Å². The van der Waals surface area contributed by atoms with Crippen LogP contribution >= 0.6 is 0 Å². The van der Waals surface area contributed by atoms with Crippen molar-refractivity contribution < 1.29 is 17.9 Å². The van der Waals surface area contributed by atoms with Crippen LogP contribution in [-0.4, -0.2) is 39.8 Å². The number of rotatable bonds is 7. The molecule has 1 aliphatic heterocycles. The smallest absolute Gasteiger partial charge is 0.235 e. The number of sulfonamides is 1. The van der Waals surface area contributed by atoms with Crippen molar-refractivity contribution in [3.63, 3.8) is 0 Å². The van der Waals surface area contributed by atoms with Gasteiger partial charge in [0.1, 0.15) is 0 Å². The van der Waals surface area contributed by atoms with Crippen LogP contribution in [0.3, 0.4) is 0 Å². The molecule has 1 amide bonds. The lowest BCUT2D eigenvalue weighted by atomic mass is 10.2. The number of nitrogens with zero attached hydrogens (tertiary/aromatic N) is 1. The summed E-state index contributed by atoms with van der Waals surface area (Å²) >= 11 is 0. The first-order chi connectivity index (χ1) is 10.9. The highest BCUT2D eigenvalue weighted by atomic mass is 32.2. The van der Waals surface area contributed by atoms with E-state index in [1.165, 1.54) is 4.31 Å². The summed E-state index contributed by atoms with van der Waals surface area (Å²) in [5.41, 5.74) is 1.29. The minimum atomic E-state index is -3.17. The standard InChI is InChI=1S/C16H24N2O4S/c1-13(2)12-22-10-8-16(19)17-14-4-6-15(7-5-14)18-9-3-11-23(18,20)21/h4-7,13H,3,8-12H2,1-2H3,(H,17,19). The normalized spacial score (nSPS) is 16.7. The monoisotopic (exact) mass is 340 g/mol. The van der Waals surface area contributed by atoms with Crippen LogP contribution in [0.2, 0.25) is 0 Å². The number of hydrogen-bond donors (Lipinski definition) is 1. The molecule has 0 atom stereocenters. The summed E-state index contributed by atoms with van der Waals surface area (Å²) in [6, 6.07) is 6.87. The quantitative estimate of drug-likeness (QED) is 0.772. The number of amides is 1. The van der Waals surface area contributed by atoms with Gasteiger partial charge in [-0.25, -0.2) is 8.42 Å². The van der Waals surface area contributed by atoms with Gasteiger partial charge < -0.3 is 10.1 Å². The third-order valence-electron chi connectivity index (χ3n) is 3.46. The van der Waals surface area contributed by atoms with Crippen molar-refractivity contribution in [1.82, 2.24) is 0 Å². The zero-order chi connectivity index (χ0) is 16.9. The van der Waals surface area contributed by atoms with Gasteiger partial charge in [0, 0.05) is 18.8 Å². The minimum Gasteiger partial charge on any atom is -0.381 e. The topological polar surface area (TPSA) is 75.7 Å². The van der Waals surface area contributed by atoms with E-state index >= 15 is 0 Å². The maximum absolute atomic E-state index is 11.9. The first-order valence-electron chi connectivity index (χ1n) is 7.86. The highest BCUT2D eigenvalue weighted by Gasteiger charge is 2.28. The van der Waals surface area contributed by atoms with Crippen molar-refractivity contribution in [2.45, 2.75) is 26.7 Å². The fourth-order valence-electron chi connectivity index (χ4n) is 2.35. The van der Waals surface area contributed by atoms with E-state index in [9.17, 15) is 13.2 Å². The molecule has 1 saturated heterocycles. The van der Waals surface area contributed by atoms with Crippen LogP contribution in [0.4, 0.5) is 11.4 Å².